The minimum Gasteiger partial charge on any atom is -0.312 e. The molecule has 0 saturated heterocycles. The summed E-state index contributed by atoms with van der Waals surface area (Å²) in [5, 5.41) is 0. The zero-order valence-electron chi connectivity index (χ0n) is 11.1. The van der Waals surface area contributed by atoms with Gasteiger partial charge in [0.2, 0.25) is 5.82 Å². The van der Waals surface area contributed by atoms with Crippen LogP contribution < -0.4 is 0 Å². The van der Waals surface area contributed by atoms with Gasteiger partial charge in [0.1, 0.15) is 5.52 Å². The lowest BCUT2D eigenvalue weighted by Gasteiger charge is -2.13. The van der Waals surface area contributed by atoms with Gasteiger partial charge in [-0.1, -0.05) is 19.8 Å². The number of hydrogen-bond donors (Lipinski definition) is 0. The van der Waals surface area contributed by atoms with Gasteiger partial charge in [-0.2, -0.15) is 13.2 Å². The molecule has 0 bridgehead atoms. The number of nitrogens with zero attached hydrogens (tertiary/aromatic N) is 4. The lowest BCUT2D eigenvalue weighted by atomic mass is 10.2. The van der Waals surface area contributed by atoms with E-state index in [2.05, 4.69) is 15.0 Å². The summed E-state index contributed by atoms with van der Waals surface area (Å²) < 4.78 is 40.5. The van der Waals surface area contributed by atoms with Crippen molar-refractivity contribution in [3.63, 3.8) is 0 Å². The molecule has 20 heavy (non-hydrogen) atoms. The van der Waals surface area contributed by atoms with E-state index in [1.807, 2.05) is 0 Å². The summed E-state index contributed by atoms with van der Waals surface area (Å²) in [4.78, 5) is 11.6. The molecule has 1 fully saturated rings. The predicted octanol–water partition coefficient (Wildman–Crippen LogP) is 3.52. The molecule has 0 radical (unpaired) electrons. The molecule has 0 amide bonds. The van der Waals surface area contributed by atoms with Crippen molar-refractivity contribution in [1.29, 1.82) is 0 Å². The third-order valence-electron chi connectivity index (χ3n) is 3.80. The second kappa shape index (κ2) is 4.71. The van der Waals surface area contributed by atoms with Crippen LogP contribution in [0.3, 0.4) is 0 Å². The van der Waals surface area contributed by atoms with Gasteiger partial charge in [-0.3, -0.25) is 0 Å². The van der Waals surface area contributed by atoms with Crippen LogP contribution in [0.2, 0.25) is 0 Å². The molecule has 4 nitrogen and oxygen atoms in total. The molecule has 0 aromatic carbocycles. The van der Waals surface area contributed by atoms with Crippen molar-refractivity contribution in [3.8, 4) is 0 Å². The van der Waals surface area contributed by atoms with Crippen molar-refractivity contribution in [1.82, 2.24) is 19.5 Å². The number of alkyl halides is 3. The van der Waals surface area contributed by atoms with Gasteiger partial charge in [-0.15, -0.1) is 0 Å². The van der Waals surface area contributed by atoms with E-state index in [0.29, 0.717) is 23.3 Å². The Morgan fingerprint density at radius 3 is 2.55 bits per heavy atom. The average molecular weight is 284 g/mol. The largest absolute Gasteiger partial charge is 0.451 e. The Bertz CT molecular complexity index is 626. The lowest BCUT2D eigenvalue weighted by Crippen LogP contribution is -2.14. The first-order valence-corrected chi connectivity index (χ1v) is 6.81. The summed E-state index contributed by atoms with van der Waals surface area (Å²) in [6, 6.07) is 0.209. The van der Waals surface area contributed by atoms with Crippen molar-refractivity contribution in [2.75, 3.05) is 0 Å². The standard InChI is InChI=1S/C13H15F3N4/c1-2-9-10-11(19-12(18-9)13(14,15)16)20(7-17-10)8-5-3-4-6-8/h7-8H,2-6H2,1H3. The van der Waals surface area contributed by atoms with Gasteiger partial charge in [0.05, 0.1) is 12.0 Å². The van der Waals surface area contributed by atoms with Gasteiger partial charge < -0.3 is 4.57 Å². The van der Waals surface area contributed by atoms with Crippen molar-refractivity contribution in [2.45, 2.75) is 51.2 Å². The van der Waals surface area contributed by atoms with Crippen LogP contribution in [-0.2, 0) is 12.6 Å². The van der Waals surface area contributed by atoms with Gasteiger partial charge in [0.15, 0.2) is 5.65 Å². The Morgan fingerprint density at radius 1 is 1.25 bits per heavy atom. The lowest BCUT2D eigenvalue weighted by molar-refractivity contribution is -0.144. The van der Waals surface area contributed by atoms with Crippen molar-refractivity contribution in [2.24, 2.45) is 0 Å². The molecular weight excluding hydrogens is 269 g/mol. The average Bonchev–Trinajstić information content (AvgIpc) is 3.04. The second-order valence-corrected chi connectivity index (χ2v) is 5.11. The minimum absolute atomic E-state index is 0.209. The van der Waals surface area contributed by atoms with E-state index < -0.39 is 12.0 Å². The van der Waals surface area contributed by atoms with Crippen LogP contribution in [-0.4, -0.2) is 19.5 Å². The fraction of sp³-hybridized carbons (Fsp3) is 0.615. The number of aryl methyl sites for hydroxylation is 1. The zero-order chi connectivity index (χ0) is 14.3. The molecular formula is C13H15F3N4. The highest BCUT2D eigenvalue weighted by Crippen LogP contribution is 2.33. The normalized spacial score (nSPS) is 17.2. The fourth-order valence-electron chi connectivity index (χ4n) is 2.80. The van der Waals surface area contributed by atoms with Crippen molar-refractivity contribution >= 4 is 11.2 Å². The molecule has 0 aliphatic heterocycles. The topological polar surface area (TPSA) is 43.6 Å². The van der Waals surface area contributed by atoms with E-state index in [9.17, 15) is 13.2 Å². The molecule has 1 aliphatic rings. The van der Waals surface area contributed by atoms with E-state index in [1.54, 1.807) is 17.8 Å². The number of imidazole rings is 1. The second-order valence-electron chi connectivity index (χ2n) is 5.11. The Labute approximate surface area is 114 Å². The summed E-state index contributed by atoms with van der Waals surface area (Å²) in [6.45, 7) is 1.77. The van der Waals surface area contributed by atoms with Crippen LogP contribution in [0.1, 0.15) is 50.2 Å². The minimum atomic E-state index is -4.52. The third kappa shape index (κ3) is 2.14. The first-order chi connectivity index (χ1) is 9.50. The Kier molecular flexibility index (Phi) is 3.14. The molecule has 1 saturated carbocycles. The molecule has 2 aromatic heterocycles. The molecule has 0 atom stereocenters. The molecule has 0 N–H and O–H groups in total. The van der Waals surface area contributed by atoms with Crippen LogP contribution in [0, 0.1) is 0 Å². The Morgan fingerprint density at radius 2 is 1.95 bits per heavy atom. The molecule has 7 heteroatoms. The number of halogens is 3. The first kappa shape index (κ1) is 13.3. The Hall–Kier alpha value is -1.66. The smallest absolute Gasteiger partial charge is 0.312 e. The van der Waals surface area contributed by atoms with E-state index in [-0.39, 0.29) is 6.04 Å². The number of aromatic nitrogens is 4. The van der Waals surface area contributed by atoms with E-state index in [0.717, 1.165) is 25.7 Å². The van der Waals surface area contributed by atoms with Crippen LogP contribution in [0.4, 0.5) is 13.2 Å². The van der Waals surface area contributed by atoms with Gasteiger partial charge in [0, 0.05) is 6.04 Å². The molecule has 108 valence electrons. The number of hydrogen-bond acceptors (Lipinski definition) is 3. The summed E-state index contributed by atoms with van der Waals surface area (Å²) >= 11 is 0. The van der Waals surface area contributed by atoms with Gasteiger partial charge in [-0.05, 0) is 19.3 Å². The van der Waals surface area contributed by atoms with E-state index in [4.69, 9.17) is 0 Å². The number of fused-ring (bicyclic) bond motifs is 1. The summed E-state index contributed by atoms with van der Waals surface area (Å²) in [7, 11) is 0. The fourth-order valence-corrected chi connectivity index (χ4v) is 2.80. The maximum atomic E-state index is 12.9. The molecule has 0 unspecified atom stereocenters. The SMILES string of the molecule is CCc1nc(C(F)(F)F)nc2c1ncn2C1CCCC1. The predicted molar refractivity (Wildman–Crippen MR) is 67.2 cm³/mol. The molecule has 0 spiro atoms. The van der Waals surface area contributed by atoms with Gasteiger partial charge >= 0.3 is 6.18 Å². The quantitative estimate of drug-likeness (QED) is 0.847. The zero-order valence-corrected chi connectivity index (χ0v) is 11.1. The van der Waals surface area contributed by atoms with Gasteiger partial charge in [-0.25, -0.2) is 15.0 Å². The van der Waals surface area contributed by atoms with E-state index >= 15 is 0 Å². The van der Waals surface area contributed by atoms with E-state index in [1.165, 1.54) is 0 Å². The highest BCUT2D eigenvalue weighted by Gasteiger charge is 2.36. The van der Waals surface area contributed by atoms with Crippen LogP contribution in [0.15, 0.2) is 6.33 Å². The van der Waals surface area contributed by atoms with Crippen LogP contribution >= 0.6 is 0 Å². The highest BCUT2D eigenvalue weighted by molar-refractivity contribution is 5.73. The van der Waals surface area contributed by atoms with Crippen molar-refractivity contribution in [3.05, 3.63) is 17.8 Å². The van der Waals surface area contributed by atoms with Crippen LogP contribution in [0.5, 0.6) is 0 Å². The Balaban J connectivity index is 2.19. The summed E-state index contributed by atoms with van der Waals surface area (Å²) in [6.07, 6.45) is 1.63. The van der Waals surface area contributed by atoms with Crippen molar-refractivity contribution < 1.29 is 13.2 Å². The summed E-state index contributed by atoms with van der Waals surface area (Å²) in [5.41, 5.74) is 1.17. The van der Waals surface area contributed by atoms with Crippen LogP contribution in [0.25, 0.3) is 11.2 Å². The molecule has 2 aromatic rings. The summed E-state index contributed by atoms with van der Waals surface area (Å²) in [5.74, 6) is -1.07. The number of rotatable bonds is 2. The molecule has 2 heterocycles. The monoisotopic (exact) mass is 284 g/mol. The maximum absolute atomic E-state index is 12.9. The third-order valence-corrected chi connectivity index (χ3v) is 3.80. The molecule has 3 rings (SSSR count). The first-order valence-electron chi connectivity index (χ1n) is 6.81. The maximum Gasteiger partial charge on any atom is 0.451 e. The highest BCUT2D eigenvalue weighted by atomic mass is 19.4. The molecule has 1 aliphatic carbocycles. The van der Waals surface area contributed by atoms with Gasteiger partial charge in [0.25, 0.3) is 0 Å².